The van der Waals surface area contributed by atoms with E-state index < -0.39 is 0 Å². The van der Waals surface area contributed by atoms with Crippen molar-refractivity contribution in [2.45, 2.75) is 77.2 Å². The zero-order valence-corrected chi connectivity index (χ0v) is 15.6. The van der Waals surface area contributed by atoms with Crippen LogP contribution in [0, 0.1) is 17.3 Å². The molecule has 0 bridgehead atoms. The first-order valence-electron chi connectivity index (χ1n) is 10.2. The van der Waals surface area contributed by atoms with Crippen molar-refractivity contribution < 1.29 is 14.9 Å². The van der Waals surface area contributed by atoms with Gasteiger partial charge in [0.05, 0.1) is 12.7 Å². The molecule has 3 nitrogen and oxygen atoms in total. The topological polar surface area (TPSA) is 49.7 Å². The number of phenols is 1. The van der Waals surface area contributed by atoms with Crippen molar-refractivity contribution in [1.82, 2.24) is 0 Å². The minimum absolute atomic E-state index is 0.110. The van der Waals surface area contributed by atoms with Gasteiger partial charge < -0.3 is 14.9 Å². The summed E-state index contributed by atoms with van der Waals surface area (Å²) in [6.07, 6.45) is 8.62. The Bertz CT molecular complexity index is 640. The largest absolute Gasteiger partial charge is 0.508 e. The van der Waals surface area contributed by atoms with Crippen molar-refractivity contribution in [1.29, 1.82) is 0 Å². The minimum Gasteiger partial charge on any atom is -0.508 e. The number of hydrogen-bond acceptors (Lipinski definition) is 3. The van der Waals surface area contributed by atoms with E-state index in [0.29, 0.717) is 23.5 Å². The standard InChI is InChI=1S/C22H32O3/c1-3-4-11-25-19-13-15(23)12-14-5-6-16-17(21(14)19)9-10-22(2)18(16)7-8-20(22)24/h12-13,16-18,20,23-24H,3-11H2,1-2H3/t16-,17-,18-,20-,22-/m0/s1. The van der Waals surface area contributed by atoms with E-state index in [-0.39, 0.29) is 11.5 Å². The highest BCUT2D eigenvalue weighted by Gasteiger charge is 2.54. The van der Waals surface area contributed by atoms with E-state index in [1.165, 1.54) is 17.5 Å². The van der Waals surface area contributed by atoms with Gasteiger partial charge in [-0.05, 0) is 79.7 Å². The molecule has 2 saturated carbocycles. The van der Waals surface area contributed by atoms with E-state index in [1.54, 1.807) is 0 Å². The van der Waals surface area contributed by atoms with E-state index in [2.05, 4.69) is 13.8 Å². The number of benzene rings is 1. The molecule has 0 amide bonds. The van der Waals surface area contributed by atoms with Crippen LogP contribution in [0.25, 0.3) is 0 Å². The van der Waals surface area contributed by atoms with Gasteiger partial charge in [0, 0.05) is 11.6 Å². The average Bonchev–Trinajstić information content (AvgIpc) is 2.90. The maximum atomic E-state index is 10.5. The second-order valence-corrected chi connectivity index (χ2v) is 8.77. The predicted octanol–water partition coefficient (Wildman–Crippen LogP) is 4.79. The maximum Gasteiger partial charge on any atom is 0.126 e. The molecule has 3 aliphatic rings. The molecule has 0 aliphatic heterocycles. The van der Waals surface area contributed by atoms with Crippen molar-refractivity contribution in [2.24, 2.45) is 17.3 Å². The third kappa shape index (κ3) is 2.75. The molecule has 0 saturated heterocycles. The second-order valence-electron chi connectivity index (χ2n) is 8.77. The fourth-order valence-electron chi connectivity index (χ4n) is 6.08. The van der Waals surface area contributed by atoms with E-state index in [9.17, 15) is 10.2 Å². The van der Waals surface area contributed by atoms with Gasteiger partial charge in [0.2, 0.25) is 0 Å². The molecule has 25 heavy (non-hydrogen) atoms. The van der Waals surface area contributed by atoms with Gasteiger partial charge in [-0.15, -0.1) is 0 Å². The van der Waals surface area contributed by atoms with Gasteiger partial charge in [-0.25, -0.2) is 0 Å². The number of phenolic OH excluding ortho intramolecular Hbond substituents is 1. The molecule has 2 N–H and O–H groups in total. The van der Waals surface area contributed by atoms with Crippen LogP contribution in [0.1, 0.15) is 75.8 Å². The van der Waals surface area contributed by atoms with Gasteiger partial charge in [0.1, 0.15) is 11.5 Å². The molecule has 3 aliphatic carbocycles. The Morgan fingerprint density at radius 2 is 2.04 bits per heavy atom. The summed E-state index contributed by atoms with van der Waals surface area (Å²) < 4.78 is 6.12. The fourth-order valence-corrected chi connectivity index (χ4v) is 6.08. The summed E-state index contributed by atoms with van der Waals surface area (Å²) in [5, 5.41) is 20.7. The number of fused-ring (bicyclic) bond motifs is 5. The second kappa shape index (κ2) is 6.50. The normalized spacial score (nSPS) is 36.4. The monoisotopic (exact) mass is 344 g/mol. The van der Waals surface area contributed by atoms with E-state index >= 15 is 0 Å². The lowest BCUT2D eigenvalue weighted by Gasteiger charge is -2.50. The van der Waals surface area contributed by atoms with Gasteiger partial charge in [-0.1, -0.05) is 20.3 Å². The Balaban J connectivity index is 1.67. The summed E-state index contributed by atoms with van der Waals surface area (Å²) in [7, 11) is 0. The summed E-state index contributed by atoms with van der Waals surface area (Å²) in [5.74, 6) is 3.07. The molecular formula is C22H32O3. The maximum absolute atomic E-state index is 10.5. The fraction of sp³-hybridized carbons (Fsp3) is 0.727. The SMILES string of the molecule is CCCCOc1cc(O)cc2c1[C@H]1CC[C@]3(C)[C@@H](O)CC[C@H]3[C@H]1CC2. The third-order valence-corrected chi connectivity index (χ3v) is 7.47. The third-order valence-electron chi connectivity index (χ3n) is 7.47. The average molecular weight is 344 g/mol. The van der Waals surface area contributed by atoms with Crippen LogP contribution in [0.2, 0.25) is 0 Å². The van der Waals surface area contributed by atoms with Gasteiger partial charge >= 0.3 is 0 Å². The van der Waals surface area contributed by atoms with Crippen LogP contribution in [-0.2, 0) is 6.42 Å². The van der Waals surface area contributed by atoms with Gasteiger partial charge in [0.25, 0.3) is 0 Å². The molecule has 0 spiro atoms. The molecule has 0 heterocycles. The van der Waals surface area contributed by atoms with Crippen molar-refractivity contribution in [2.75, 3.05) is 6.61 Å². The lowest BCUT2D eigenvalue weighted by molar-refractivity contribution is -0.0230. The van der Waals surface area contributed by atoms with Crippen molar-refractivity contribution >= 4 is 0 Å². The molecule has 0 aromatic heterocycles. The highest BCUT2D eigenvalue weighted by Crippen LogP contribution is 2.62. The van der Waals surface area contributed by atoms with Crippen molar-refractivity contribution in [3.8, 4) is 11.5 Å². The first-order chi connectivity index (χ1) is 12.0. The van der Waals surface area contributed by atoms with E-state index in [4.69, 9.17) is 4.74 Å². The number of unbranched alkanes of at least 4 members (excludes halogenated alkanes) is 1. The van der Waals surface area contributed by atoms with Gasteiger partial charge in [-0.2, -0.15) is 0 Å². The summed E-state index contributed by atoms with van der Waals surface area (Å²) in [6.45, 7) is 5.21. The number of hydrogen-bond donors (Lipinski definition) is 2. The zero-order chi connectivity index (χ0) is 17.6. The molecule has 2 fully saturated rings. The highest BCUT2D eigenvalue weighted by atomic mass is 16.5. The van der Waals surface area contributed by atoms with Crippen LogP contribution in [0.15, 0.2) is 12.1 Å². The summed E-state index contributed by atoms with van der Waals surface area (Å²) in [4.78, 5) is 0. The Kier molecular flexibility index (Phi) is 4.47. The van der Waals surface area contributed by atoms with E-state index in [0.717, 1.165) is 57.3 Å². The first kappa shape index (κ1) is 17.2. The number of ether oxygens (including phenoxy) is 1. The molecule has 0 radical (unpaired) electrons. The van der Waals surface area contributed by atoms with Gasteiger partial charge in [-0.3, -0.25) is 0 Å². The highest BCUT2D eigenvalue weighted by molar-refractivity contribution is 5.50. The van der Waals surface area contributed by atoms with Crippen LogP contribution in [0.3, 0.4) is 0 Å². The van der Waals surface area contributed by atoms with E-state index in [1.807, 2.05) is 12.1 Å². The smallest absolute Gasteiger partial charge is 0.126 e. The summed E-state index contributed by atoms with van der Waals surface area (Å²) in [5.41, 5.74) is 2.77. The molecule has 3 heteroatoms. The van der Waals surface area contributed by atoms with Crippen molar-refractivity contribution in [3.63, 3.8) is 0 Å². The van der Waals surface area contributed by atoms with Crippen LogP contribution >= 0.6 is 0 Å². The molecule has 0 unspecified atom stereocenters. The first-order valence-corrected chi connectivity index (χ1v) is 10.2. The molecule has 138 valence electrons. The van der Waals surface area contributed by atoms with Gasteiger partial charge in [0.15, 0.2) is 0 Å². The van der Waals surface area contributed by atoms with Crippen LogP contribution in [0.5, 0.6) is 11.5 Å². The summed E-state index contributed by atoms with van der Waals surface area (Å²) >= 11 is 0. The number of rotatable bonds is 4. The Morgan fingerprint density at radius 3 is 2.84 bits per heavy atom. The lowest BCUT2D eigenvalue weighted by atomic mass is 9.55. The summed E-state index contributed by atoms with van der Waals surface area (Å²) in [6, 6.07) is 3.78. The Morgan fingerprint density at radius 1 is 1.20 bits per heavy atom. The lowest BCUT2D eigenvalue weighted by Crippen LogP contribution is -2.44. The van der Waals surface area contributed by atoms with Crippen molar-refractivity contribution in [3.05, 3.63) is 23.3 Å². The molecule has 1 aromatic rings. The molecule has 1 aromatic carbocycles. The molecule has 4 rings (SSSR count). The molecule has 5 atom stereocenters. The Hall–Kier alpha value is -1.22. The van der Waals surface area contributed by atoms with Crippen LogP contribution < -0.4 is 4.74 Å². The van der Waals surface area contributed by atoms with Crippen LogP contribution in [0.4, 0.5) is 0 Å². The number of aliphatic hydroxyl groups is 1. The zero-order valence-electron chi connectivity index (χ0n) is 15.6. The minimum atomic E-state index is -0.125. The number of aliphatic hydroxyl groups excluding tert-OH is 1. The quantitative estimate of drug-likeness (QED) is 0.772. The van der Waals surface area contributed by atoms with Crippen LogP contribution in [-0.4, -0.2) is 22.9 Å². The Labute approximate surface area is 151 Å². The number of aromatic hydroxyl groups is 1. The number of aryl methyl sites for hydroxylation is 1. The predicted molar refractivity (Wildman–Crippen MR) is 99.1 cm³/mol. The molecular weight excluding hydrogens is 312 g/mol.